The first-order valence-electron chi connectivity index (χ1n) is 6.68. The molecule has 0 radical (unpaired) electrons. The van der Waals surface area contributed by atoms with Gasteiger partial charge in [0.15, 0.2) is 0 Å². The van der Waals surface area contributed by atoms with Crippen LogP contribution in [0.4, 0.5) is 0 Å². The lowest BCUT2D eigenvalue weighted by atomic mass is 9.90. The van der Waals surface area contributed by atoms with Gasteiger partial charge in [0, 0.05) is 13.2 Å². The van der Waals surface area contributed by atoms with Crippen molar-refractivity contribution < 1.29 is 4.79 Å². The highest BCUT2D eigenvalue weighted by atomic mass is 16.2. The summed E-state index contributed by atoms with van der Waals surface area (Å²) >= 11 is 0. The van der Waals surface area contributed by atoms with Crippen molar-refractivity contribution in [2.45, 2.75) is 38.8 Å². The van der Waals surface area contributed by atoms with Crippen molar-refractivity contribution in [3.8, 4) is 0 Å². The summed E-state index contributed by atoms with van der Waals surface area (Å²) < 4.78 is 1.78. The third kappa shape index (κ3) is 3.10. The molecule has 1 aliphatic rings. The summed E-state index contributed by atoms with van der Waals surface area (Å²) in [5.74, 6) is 0.785. The highest BCUT2D eigenvalue weighted by molar-refractivity contribution is 5.81. The van der Waals surface area contributed by atoms with E-state index in [1.165, 1.54) is 6.42 Å². The molecule has 1 amide bonds. The van der Waals surface area contributed by atoms with Crippen LogP contribution in [0.3, 0.4) is 0 Å². The molecule has 2 heterocycles. The molecule has 0 spiro atoms. The zero-order chi connectivity index (χ0) is 13.0. The van der Waals surface area contributed by atoms with Crippen LogP contribution in [-0.2, 0) is 18.4 Å². The van der Waals surface area contributed by atoms with Gasteiger partial charge in [-0.15, -0.1) is 0 Å². The second-order valence-electron chi connectivity index (χ2n) is 4.97. The van der Waals surface area contributed by atoms with Gasteiger partial charge in [-0.05, 0) is 31.4 Å². The Morgan fingerprint density at radius 3 is 3.17 bits per heavy atom. The lowest BCUT2D eigenvalue weighted by molar-refractivity contribution is -0.124. The van der Waals surface area contributed by atoms with Crippen LogP contribution in [-0.4, -0.2) is 28.3 Å². The molecule has 0 bridgehead atoms. The van der Waals surface area contributed by atoms with Gasteiger partial charge in [-0.25, -0.2) is 0 Å². The molecule has 5 heteroatoms. The van der Waals surface area contributed by atoms with Gasteiger partial charge in [0.25, 0.3) is 0 Å². The van der Waals surface area contributed by atoms with Crippen molar-refractivity contribution in [3.05, 3.63) is 18.0 Å². The van der Waals surface area contributed by atoms with E-state index in [1.54, 1.807) is 10.9 Å². The van der Waals surface area contributed by atoms with E-state index in [9.17, 15) is 4.79 Å². The topological polar surface area (TPSA) is 59.0 Å². The fraction of sp³-hybridized carbons (Fsp3) is 0.692. The average molecular weight is 250 g/mol. The van der Waals surface area contributed by atoms with Gasteiger partial charge < -0.3 is 10.6 Å². The minimum atomic E-state index is -0.0306. The van der Waals surface area contributed by atoms with Crippen LogP contribution in [0.5, 0.6) is 0 Å². The molecule has 1 fully saturated rings. The normalized spacial score (nSPS) is 23.9. The van der Waals surface area contributed by atoms with Crippen LogP contribution < -0.4 is 10.6 Å². The Balaban J connectivity index is 1.82. The minimum Gasteiger partial charge on any atom is -0.349 e. The maximum Gasteiger partial charge on any atom is 0.237 e. The standard InChI is InChI=1S/C13H22N4O/c1-3-10-4-6-14-12(8-10)13(18)15-9-11-5-7-16-17(11)2/h5,7,10,12,14H,3-4,6,8-9H2,1-2H3,(H,15,18). The number of amides is 1. The van der Waals surface area contributed by atoms with Gasteiger partial charge in [-0.2, -0.15) is 5.10 Å². The van der Waals surface area contributed by atoms with Crippen molar-refractivity contribution in [1.82, 2.24) is 20.4 Å². The third-order valence-electron chi connectivity index (χ3n) is 3.77. The van der Waals surface area contributed by atoms with Gasteiger partial charge in [0.1, 0.15) is 0 Å². The summed E-state index contributed by atoms with van der Waals surface area (Å²) in [7, 11) is 1.88. The van der Waals surface area contributed by atoms with Crippen LogP contribution in [0.2, 0.25) is 0 Å². The SMILES string of the molecule is CCC1CCNC(C(=O)NCc2ccnn2C)C1. The van der Waals surface area contributed by atoms with E-state index in [0.717, 1.165) is 25.1 Å². The number of nitrogens with zero attached hydrogens (tertiary/aromatic N) is 2. The highest BCUT2D eigenvalue weighted by Gasteiger charge is 2.25. The molecular weight excluding hydrogens is 228 g/mol. The zero-order valence-electron chi connectivity index (χ0n) is 11.1. The number of hydrogen-bond donors (Lipinski definition) is 2. The number of hydrogen-bond acceptors (Lipinski definition) is 3. The predicted molar refractivity (Wildman–Crippen MR) is 69.9 cm³/mol. The molecule has 1 saturated heterocycles. The van der Waals surface area contributed by atoms with Crippen molar-refractivity contribution in [2.75, 3.05) is 6.54 Å². The Labute approximate surface area is 108 Å². The van der Waals surface area contributed by atoms with E-state index in [0.29, 0.717) is 12.5 Å². The second kappa shape index (κ2) is 6.00. The van der Waals surface area contributed by atoms with E-state index in [2.05, 4.69) is 22.7 Å². The fourth-order valence-corrected chi connectivity index (χ4v) is 2.44. The highest BCUT2D eigenvalue weighted by Crippen LogP contribution is 2.19. The Morgan fingerprint density at radius 2 is 2.50 bits per heavy atom. The van der Waals surface area contributed by atoms with Crippen LogP contribution in [0, 0.1) is 5.92 Å². The number of nitrogens with one attached hydrogen (secondary N) is 2. The smallest absolute Gasteiger partial charge is 0.237 e. The van der Waals surface area contributed by atoms with Crippen molar-refractivity contribution in [3.63, 3.8) is 0 Å². The summed E-state index contributed by atoms with van der Waals surface area (Å²) in [4.78, 5) is 12.1. The van der Waals surface area contributed by atoms with Crippen LogP contribution >= 0.6 is 0 Å². The molecule has 2 unspecified atom stereocenters. The van der Waals surface area contributed by atoms with Crippen molar-refractivity contribution in [2.24, 2.45) is 13.0 Å². The van der Waals surface area contributed by atoms with Crippen molar-refractivity contribution >= 4 is 5.91 Å². The molecule has 0 saturated carbocycles. The summed E-state index contributed by atoms with van der Waals surface area (Å²) in [5.41, 5.74) is 1.02. The quantitative estimate of drug-likeness (QED) is 0.831. The molecule has 18 heavy (non-hydrogen) atoms. The van der Waals surface area contributed by atoms with Gasteiger partial charge in [-0.1, -0.05) is 13.3 Å². The Hall–Kier alpha value is -1.36. The Morgan fingerprint density at radius 1 is 1.67 bits per heavy atom. The van der Waals surface area contributed by atoms with Crippen molar-refractivity contribution in [1.29, 1.82) is 0 Å². The molecule has 2 atom stereocenters. The number of piperidine rings is 1. The van der Waals surface area contributed by atoms with Gasteiger partial charge >= 0.3 is 0 Å². The first kappa shape index (κ1) is 13.1. The van der Waals surface area contributed by atoms with Crippen LogP contribution in [0.15, 0.2) is 12.3 Å². The summed E-state index contributed by atoms with van der Waals surface area (Å²) in [6, 6.07) is 1.89. The van der Waals surface area contributed by atoms with E-state index in [-0.39, 0.29) is 11.9 Å². The lowest BCUT2D eigenvalue weighted by Crippen LogP contribution is -2.48. The van der Waals surface area contributed by atoms with Gasteiger partial charge in [-0.3, -0.25) is 9.48 Å². The van der Waals surface area contributed by atoms with Crippen LogP contribution in [0.1, 0.15) is 31.9 Å². The predicted octanol–water partition coefficient (Wildman–Crippen LogP) is 0.814. The maximum absolute atomic E-state index is 12.1. The molecule has 100 valence electrons. The van der Waals surface area contributed by atoms with E-state index in [1.807, 2.05) is 13.1 Å². The number of aryl methyl sites for hydroxylation is 1. The molecule has 1 aromatic rings. The van der Waals surface area contributed by atoms with Crippen LogP contribution in [0.25, 0.3) is 0 Å². The number of rotatable bonds is 4. The van der Waals surface area contributed by atoms with E-state index in [4.69, 9.17) is 0 Å². The summed E-state index contributed by atoms with van der Waals surface area (Å²) in [6.07, 6.45) is 5.04. The minimum absolute atomic E-state index is 0.0306. The molecule has 1 aromatic heterocycles. The monoisotopic (exact) mass is 250 g/mol. The Kier molecular flexibility index (Phi) is 4.36. The molecule has 2 rings (SSSR count). The molecule has 0 aromatic carbocycles. The average Bonchev–Trinajstić information content (AvgIpc) is 2.81. The Bertz CT molecular complexity index is 401. The summed E-state index contributed by atoms with van der Waals surface area (Å²) in [5, 5.41) is 10.4. The fourth-order valence-electron chi connectivity index (χ4n) is 2.44. The molecule has 2 N–H and O–H groups in total. The zero-order valence-corrected chi connectivity index (χ0v) is 11.1. The number of carbonyl (C=O) groups is 1. The maximum atomic E-state index is 12.1. The first-order chi connectivity index (χ1) is 8.70. The molecular formula is C13H22N4O. The third-order valence-corrected chi connectivity index (χ3v) is 3.77. The number of carbonyl (C=O) groups excluding carboxylic acids is 1. The van der Waals surface area contributed by atoms with E-state index < -0.39 is 0 Å². The molecule has 5 nitrogen and oxygen atoms in total. The summed E-state index contributed by atoms with van der Waals surface area (Å²) in [6.45, 7) is 3.69. The second-order valence-corrected chi connectivity index (χ2v) is 4.97. The number of aromatic nitrogens is 2. The van der Waals surface area contributed by atoms with Gasteiger partial charge in [0.2, 0.25) is 5.91 Å². The van der Waals surface area contributed by atoms with Gasteiger partial charge in [0.05, 0.1) is 18.3 Å². The van der Waals surface area contributed by atoms with E-state index >= 15 is 0 Å². The first-order valence-corrected chi connectivity index (χ1v) is 6.68. The molecule has 0 aliphatic carbocycles. The largest absolute Gasteiger partial charge is 0.349 e. The lowest BCUT2D eigenvalue weighted by Gasteiger charge is -2.28. The molecule has 1 aliphatic heterocycles.